The molecule has 1 heterocycles. The Labute approximate surface area is 93.4 Å². The van der Waals surface area contributed by atoms with E-state index in [9.17, 15) is 14.8 Å². The Kier molecular flexibility index (Phi) is 2.77. The molecule has 1 rings (SSSR count). The van der Waals surface area contributed by atoms with Crippen molar-refractivity contribution in [2.45, 2.75) is 38.8 Å². The molecule has 1 aliphatic rings. The van der Waals surface area contributed by atoms with Crippen LogP contribution in [-0.2, 0) is 14.8 Å². The molecule has 2 atom stereocenters. The van der Waals surface area contributed by atoms with Crippen molar-refractivity contribution in [3.63, 3.8) is 0 Å². The van der Waals surface area contributed by atoms with Crippen LogP contribution < -0.4 is 0 Å². The van der Waals surface area contributed by atoms with Gasteiger partial charge in [-0.25, -0.2) is 0 Å². The summed E-state index contributed by atoms with van der Waals surface area (Å²) in [6.45, 7) is 5.85. The summed E-state index contributed by atoms with van der Waals surface area (Å²) in [5.74, 6) is -4.91. The van der Waals surface area contributed by atoms with E-state index in [-0.39, 0.29) is 0 Å². The summed E-state index contributed by atoms with van der Waals surface area (Å²) < 4.78 is 0. The predicted octanol–water partition coefficient (Wildman–Crippen LogP) is 0.606. The topological polar surface area (TPSA) is 97.7 Å². The van der Waals surface area contributed by atoms with Crippen LogP contribution in [-0.4, -0.2) is 38.3 Å². The van der Waals surface area contributed by atoms with Gasteiger partial charge in [-0.3, -0.25) is 9.59 Å². The minimum atomic E-state index is -1.25. The third-order valence-corrected chi connectivity index (χ3v) is 3.43. The second-order valence-corrected chi connectivity index (χ2v) is 5.23. The molecule has 0 spiro atoms. The molecule has 0 saturated carbocycles. The molecule has 6 nitrogen and oxygen atoms in total. The van der Waals surface area contributed by atoms with Crippen molar-refractivity contribution in [3.05, 3.63) is 0 Å². The van der Waals surface area contributed by atoms with Gasteiger partial charge in [-0.2, -0.15) is 0 Å². The molecule has 1 aliphatic heterocycles. The summed E-state index contributed by atoms with van der Waals surface area (Å²) in [5.41, 5.74) is -2.45. The van der Waals surface area contributed by atoms with E-state index in [1.807, 2.05) is 0 Å². The Balaban J connectivity index is 3.34. The smallest absolute Gasteiger partial charge is 0.309 e. The lowest BCUT2D eigenvalue weighted by atomic mass is 9.77. The monoisotopic (exact) mass is 230 g/mol. The molecule has 0 bridgehead atoms. The van der Waals surface area contributed by atoms with Crippen molar-refractivity contribution in [1.29, 1.82) is 0 Å². The largest absolute Gasteiger partial charge is 0.481 e. The number of hydrogen-bond donors (Lipinski definition) is 2. The summed E-state index contributed by atoms with van der Waals surface area (Å²) in [7, 11) is 0. The minimum absolute atomic E-state index is 0.595. The van der Waals surface area contributed by atoms with E-state index in [2.05, 4.69) is 0 Å². The van der Waals surface area contributed by atoms with Crippen molar-refractivity contribution in [2.24, 2.45) is 11.8 Å². The van der Waals surface area contributed by atoms with Crippen LogP contribution >= 0.6 is 0 Å². The van der Waals surface area contributed by atoms with Gasteiger partial charge in [0.25, 0.3) is 0 Å². The highest BCUT2D eigenvalue weighted by Crippen LogP contribution is 2.48. The van der Waals surface area contributed by atoms with E-state index in [0.29, 0.717) is 5.06 Å². The molecule has 2 unspecified atom stereocenters. The molecule has 0 amide bonds. The second kappa shape index (κ2) is 3.43. The number of nitrogens with zero attached hydrogens (tertiary/aromatic N) is 1. The third kappa shape index (κ3) is 1.49. The quantitative estimate of drug-likeness (QED) is 0.724. The Morgan fingerprint density at radius 3 is 1.38 bits per heavy atom. The van der Waals surface area contributed by atoms with Gasteiger partial charge in [-0.15, -0.1) is 10.3 Å². The molecule has 6 heteroatoms. The van der Waals surface area contributed by atoms with Crippen LogP contribution in [0.3, 0.4) is 0 Å². The van der Waals surface area contributed by atoms with Crippen molar-refractivity contribution >= 4 is 11.9 Å². The molecule has 1 radical (unpaired) electrons. The lowest BCUT2D eigenvalue weighted by Crippen LogP contribution is -2.48. The summed E-state index contributed by atoms with van der Waals surface area (Å²) in [6.07, 6.45) is 0. The summed E-state index contributed by atoms with van der Waals surface area (Å²) in [4.78, 5) is 22.3. The highest BCUT2D eigenvalue weighted by atomic mass is 16.5. The van der Waals surface area contributed by atoms with E-state index in [1.54, 1.807) is 0 Å². The maximum atomic E-state index is 12.0. The van der Waals surface area contributed by atoms with Crippen molar-refractivity contribution < 1.29 is 25.0 Å². The number of hydrogen-bond acceptors (Lipinski definition) is 3. The standard InChI is InChI=1S/C10H16NO5/c1-9(2)5(7(12)13)6(8(14)15)10(3,4)11(9)16/h5-6H,1-4H3,(H,12,13)(H,14,15). The fourth-order valence-electron chi connectivity index (χ4n) is 2.70. The lowest BCUT2D eigenvalue weighted by Gasteiger charge is -2.32. The maximum Gasteiger partial charge on any atom is 0.309 e. The van der Waals surface area contributed by atoms with Gasteiger partial charge in [0, 0.05) is 0 Å². The van der Waals surface area contributed by atoms with Gasteiger partial charge >= 0.3 is 11.9 Å². The van der Waals surface area contributed by atoms with Gasteiger partial charge in [0.05, 0.1) is 22.9 Å². The van der Waals surface area contributed by atoms with E-state index >= 15 is 0 Å². The zero-order valence-electron chi connectivity index (χ0n) is 9.72. The van der Waals surface area contributed by atoms with Crippen LogP contribution in [0.25, 0.3) is 0 Å². The third-order valence-electron chi connectivity index (χ3n) is 3.43. The first-order chi connectivity index (χ1) is 7.04. The molecule has 2 N–H and O–H groups in total. The summed E-state index contributed by atoms with van der Waals surface area (Å²) >= 11 is 0. The molecule has 1 saturated heterocycles. The number of aliphatic carboxylic acids is 2. The second-order valence-electron chi connectivity index (χ2n) is 5.23. The van der Waals surface area contributed by atoms with E-state index in [1.165, 1.54) is 27.7 Å². The number of carbonyl (C=O) groups is 2. The highest BCUT2D eigenvalue weighted by molar-refractivity contribution is 5.83. The molecular weight excluding hydrogens is 214 g/mol. The average Bonchev–Trinajstić information content (AvgIpc) is 2.23. The van der Waals surface area contributed by atoms with Gasteiger partial charge in [-0.1, -0.05) is 0 Å². The zero-order chi connectivity index (χ0) is 12.9. The van der Waals surface area contributed by atoms with Crippen molar-refractivity contribution in [2.75, 3.05) is 0 Å². The van der Waals surface area contributed by atoms with E-state index < -0.39 is 34.9 Å². The van der Waals surface area contributed by atoms with E-state index in [0.717, 1.165) is 0 Å². The number of rotatable bonds is 2. The molecule has 0 aromatic heterocycles. The Bertz CT molecular complexity index is 304. The van der Waals surface area contributed by atoms with Crippen LogP contribution in [0.4, 0.5) is 0 Å². The van der Waals surface area contributed by atoms with Crippen molar-refractivity contribution in [1.82, 2.24) is 5.06 Å². The zero-order valence-corrected chi connectivity index (χ0v) is 9.72. The average molecular weight is 230 g/mol. The number of carboxylic acid groups (broad SMARTS) is 2. The van der Waals surface area contributed by atoms with E-state index in [4.69, 9.17) is 10.2 Å². The first kappa shape index (κ1) is 12.9. The van der Waals surface area contributed by atoms with Crippen LogP contribution in [0.15, 0.2) is 0 Å². The van der Waals surface area contributed by atoms with Crippen LogP contribution in [0.2, 0.25) is 0 Å². The SMILES string of the molecule is CC1(C)C(C(=O)O)C(C(=O)O)C(C)(C)N1[O]. The molecular formula is C10H16NO5. The van der Waals surface area contributed by atoms with Crippen molar-refractivity contribution in [3.8, 4) is 0 Å². The first-order valence-corrected chi connectivity index (χ1v) is 4.97. The Morgan fingerprint density at radius 2 is 1.19 bits per heavy atom. The molecule has 1 fully saturated rings. The fraction of sp³-hybridized carbons (Fsp3) is 0.800. The molecule has 0 aliphatic carbocycles. The van der Waals surface area contributed by atoms with Gasteiger partial charge in [0.15, 0.2) is 0 Å². The number of hydroxylamine groups is 2. The van der Waals surface area contributed by atoms with Crippen LogP contribution in [0, 0.1) is 11.8 Å². The van der Waals surface area contributed by atoms with Crippen LogP contribution in [0.5, 0.6) is 0 Å². The predicted molar refractivity (Wildman–Crippen MR) is 52.9 cm³/mol. The summed E-state index contributed by atoms with van der Waals surface area (Å²) in [5, 5.41) is 30.7. The highest BCUT2D eigenvalue weighted by Gasteiger charge is 2.64. The number of carboxylic acids is 2. The molecule has 0 aromatic rings. The van der Waals surface area contributed by atoms with Gasteiger partial charge < -0.3 is 10.2 Å². The Hall–Kier alpha value is -1.14. The van der Waals surface area contributed by atoms with Gasteiger partial charge in [0.2, 0.25) is 0 Å². The normalized spacial score (nSPS) is 32.6. The van der Waals surface area contributed by atoms with Gasteiger partial charge in [0.1, 0.15) is 0 Å². The lowest BCUT2D eigenvalue weighted by molar-refractivity contribution is -0.251. The minimum Gasteiger partial charge on any atom is -0.481 e. The molecule has 16 heavy (non-hydrogen) atoms. The fourth-order valence-corrected chi connectivity index (χ4v) is 2.70. The molecule has 0 aromatic carbocycles. The molecule has 91 valence electrons. The van der Waals surface area contributed by atoms with Crippen LogP contribution in [0.1, 0.15) is 27.7 Å². The summed E-state index contributed by atoms with van der Waals surface area (Å²) in [6, 6.07) is 0. The van der Waals surface area contributed by atoms with Gasteiger partial charge in [-0.05, 0) is 27.7 Å². The first-order valence-electron chi connectivity index (χ1n) is 4.97. The Morgan fingerprint density at radius 1 is 0.938 bits per heavy atom. The maximum absolute atomic E-state index is 12.0.